The number of ether oxygens (including phenoxy) is 1. The number of alkyl carbamates (subject to hydrolysis) is 1. The van der Waals surface area contributed by atoms with Crippen molar-refractivity contribution in [3.8, 4) is 0 Å². The van der Waals surface area contributed by atoms with Crippen molar-refractivity contribution in [3.63, 3.8) is 0 Å². The molecule has 150 valence electrons. The van der Waals surface area contributed by atoms with Crippen molar-refractivity contribution in [1.82, 2.24) is 16.0 Å². The molecule has 1 aromatic rings. The van der Waals surface area contributed by atoms with E-state index in [0.29, 0.717) is 19.4 Å². The van der Waals surface area contributed by atoms with Crippen molar-refractivity contribution in [2.45, 2.75) is 63.8 Å². The number of nitrogens with one attached hydrogen (secondary N) is 3. The second-order valence-electron chi connectivity index (χ2n) is 7.92. The third-order valence-corrected chi connectivity index (χ3v) is 4.30. The van der Waals surface area contributed by atoms with Crippen LogP contribution in [0.15, 0.2) is 30.3 Å². The van der Waals surface area contributed by atoms with Crippen LogP contribution >= 0.6 is 0 Å². The van der Waals surface area contributed by atoms with E-state index >= 15 is 0 Å². The Morgan fingerprint density at radius 1 is 1.30 bits per heavy atom. The zero-order chi connectivity index (χ0) is 19.9. The first-order valence-electron chi connectivity index (χ1n) is 9.47. The number of carbonyl (C=O) groups excluding carboxylic acids is 2. The second kappa shape index (κ2) is 9.71. The molecule has 0 bridgehead atoms. The molecular formula is C20H31N3O4. The summed E-state index contributed by atoms with van der Waals surface area (Å²) in [5.41, 5.74) is 0.276. The Hall–Kier alpha value is -2.12. The van der Waals surface area contributed by atoms with Gasteiger partial charge in [-0.1, -0.05) is 30.3 Å². The summed E-state index contributed by atoms with van der Waals surface area (Å²) in [5.74, 6) is -0.323. The van der Waals surface area contributed by atoms with Crippen LogP contribution in [0.5, 0.6) is 0 Å². The van der Waals surface area contributed by atoms with Crippen molar-refractivity contribution >= 4 is 12.0 Å². The van der Waals surface area contributed by atoms with Crippen LogP contribution in [0.1, 0.15) is 39.2 Å². The number of carbonyl (C=O) groups is 2. The predicted molar refractivity (Wildman–Crippen MR) is 103 cm³/mol. The minimum atomic E-state index is -0.786. The highest BCUT2D eigenvalue weighted by atomic mass is 16.6. The molecule has 1 heterocycles. The number of aliphatic hydroxyl groups excluding tert-OH is 1. The Labute approximate surface area is 160 Å². The van der Waals surface area contributed by atoms with Gasteiger partial charge in [-0.25, -0.2) is 4.79 Å². The highest BCUT2D eigenvalue weighted by Gasteiger charge is 2.29. The van der Waals surface area contributed by atoms with Crippen LogP contribution in [0.2, 0.25) is 0 Å². The van der Waals surface area contributed by atoms with E-state index in [0.717, 1.165) is 18.5 Å². The lowest BCUT2D eigenvalue weighted by atomic mass is 10.0. The minimum Gasteiger partial charge on any atom is -0.444 e. The Balaban J connectivity index is 2.07. The number of rotatable bonds is 5. The zero-order valence-corrected chi connectivity index (χ0v) is 16.3. The van der Waals surface area contributed by atoms with Crippen molar-refractivity contribution in [2.75, 3.05) is 13.1 Å². The first-order valence-corrected chi connectivity index (χ1v) is 9.47. The first-order chi connectivity index (χ1) is 12.7. The largest absolute Gasteiger partial charge is 0.444 e. The number of hydrogen-bond donors (Lipinski definition) is 4. The summed E-state index contributed by atoms with van der Waals surface area (Å²) in [5, 5.41) is 18.9. The van der Waals surface area contributed by atoms with Crippen molar-refractivity contribution < 1.29 is 19.4 Å². The highest BCUT2D eigenvalue weighted by molar-refractivity contribution is 5.86. The van der Waals surface area contributed by atoms with Gasteiger partial charge in [0.25, 0.3) is 0 Å². The van der Waals surface area contributed by atoms with Crippen LogP contribution in [0.25, 0.3) is 0 Å². The van der Waals surface area contributed by atoms with E-state index in [2.05, 4.69) is 16.0 Å². The van der Waals surface area contributed by atoms with E-state index in [-0.39, 0.29) is 11.9 Å². The Kier molecular flexibility index (Phi) is 7.62. The van der Waals surface area contributed by atoms with Gasteiger partial charge >= 0.3 is 6.09 Å². The fourth-order valence-corrected chi connectivity index (χ4v) is 2.99. The van der Waals surface area contributed by atoms with Gasteiger partial charge in [0.15, 0.2) is 0 Å². The maximum Gasteiger partial charge on any atom is 0.408 e. The van der Waals surface area contributed by atoms with Gasteiger partial charge in [-0.05, 0) is 45.7 Å². The standard InChI is InChI=1S/C20H31N3O4/c1-20(2,3)27-19(26)23-16(12-14-8-5-4-6-9-14)18(25)22-15-10-7-11-21-13-17(15)24/h4-6,8-9,15-17,21,24H,7,10-13H2,1-3H3,(H,22,25)(H,23,26)/t15?,16?,17-/m0/s1. The molecule has 7 heteroatoms. The predicted octanol–water partition coefficient (Wildman–Crippen LogP) is 1.35. The first kappa shape index (κ1) is 21.2. The van der Waals surface area contributed by atoms with E-state index in [1.807, 2.05) is 30.3 Å². The summed E-state index contributed by atoms with van der Waals surface area (Å²) in [6.07, 6.45) is 0.597. The van der Waals surface area contributed by atoms with Crippen molar-refractivity contribution in [3.05, 3.63) is 35.9 Å². The van der Waals surface area contributed by atoms with E-state index in [4.69, 9.17) is 4.74 Å². The molecule has 2 rings (SSSR count). The summed E-state index contributed by atoms with van der Waals surface area (Å²) in [6.45, 7) is 6.57. The van der Waals surface area contributed by atoms with Crippen LogP contribution in [0.4, 0.5) is 4.79 Å². The number of aliphatic hydroxyl groups is 1. The molecule has 1 saturated heterocycles. The molecule has 3 atom stereocenters. The van der Waals surface area contributed by atoms with Crippen LogP contribution < -0.4 is 16.0 Å². The van der Waals surface area contributed by atoms with Gasteiger partial charge in [0.2, 0.25) is 5.91 Å². The Morgan fingerprint density at radius 3 is 2.67 bits per heavy atom. The quantitative estimate of drug-likeness (QED) is 0.621. The number of amides is 2. The average Bonchev–Trinajstić information content (AvgIpc) is 2.78. The number of benzene rings is 1. The topological polar surface area (TPSA) is 99.7 Å². The fourth-order valence-electron chi connectivity index (χ4n) is 2.99. The molecule has 0 spiro atoms. The smallest absolute Gasteiger partial charge is 0.408 e. The van der Waals surface area contributed by atoms with Gasteiger partial charge in [-0.3, -0.25) is 4.79 Å². The molecule has 1 aliphatic heterocycles. The van der Waals surface area contributed by atoms with Gasteiger partial charge in [0.1, 0.15) is 11.6 Å². The monoisotopic (exact) mass is 377 g/mol. The van der Waals surface area contributed by atoms with Gasteiger partial charge in [0, 0.05) is 13.0 Å². The van der Waals surface area contributed by atoms with Gasteiger partial charge in [-0.15, -0.1) is 0 Å². The van der Waals surface area contributed by atoms with Gasteiger partial charge in [-0.2, -0.15) is 0 Å². The van der Waals surface area contributed by atoms with Gasteiger partial charge in [0.05, 0.1) is 12.1 Å². The third-order valence-electron chi connectivity index (χ3n) is 4.30. The summed E-state index contributed by atoms with van der Waals surface area (Å²) in [7, 11) is 0. The lowest BCUT2D eigenvalue weighted by molar-refractivity contribution is -0.124. The molecule has 1 aromatic carbocycles. The number of β-amino-alcohol motifs (C(OH)–C–C–N with tert-alkyl or cyclic N) is 1. The SMILES string of the molecule is CC(C)(C)OC(=O)NC(Cc1ccccc1)C(=O)NC1CCCNC[C@@H]1O. The molecule has 0 aliphatic carbocycles. The molecule has 1 aliphatic rings. The minimum absolute atomic E-state index is 0.323. The molecule has 27 heavy (non-hydrogen) atoms. The normalized spacial score (nSPS) is 21.6. The molecule has 0 aromatic heterocycles. The fraction of sp³-hybridized carbons (Fsp3) is 0.600. The van der Waals surface area contributed by atoms with Crippen LogP contribution in [0.3, 0.4) is 0 Å². The highest BCUT2D eigenvalue weighted by Crippen LogP contribution is 2.11. The molecular weight excluding hydrogens is 346 g/mol. The van der Waals surface area contributed by atoms with E-state index in [1.54, 1.807) is 20.8 Å². The lowest BCUT2D eigenvalue weighted by Crippen LogP contribution is -2.54. The van der Waals surface area contributed by atoms with Crippen LogP contribution in [-0.4, -0.2) is 54.0 Å². The maximum absolute atomic E-state index is 12.9. The van der Waals surface area contributed by atoms with Crippen molar-refractivity contribution in [1.29, 1.82) is 0 Å². The van der Waals surface area contributed by atoms with Crippen molar-refractivity contribution in [2.24, 2.45) is 0 Å². The summed E-state index contributed by atoms with van der Waals surface area (Å²) < 4.78 is 5.30. The molecule has 2 amide bonds. The van der Waals surface area contributed by atoms with Crippen LogP contribution in [-0.2, 0) is 16.0 Å². The summed E-state index contributed by atoms with van der Waals surface area (Å²) in [4.78, 5) is 25.1. The molecule has 1 fully saturated rings. The molecule has 2 unspecified atom stereocenters. The number of hydrogen-bond acceptors (Lipinski definition) is 5. The molecule has 7 nitrogen and oxygen atoms in total. The molecule has 0 saturated carbocycles. The second-order valence-corrected chi connectivity index (χ2v) is 7.92. The van der Waals surface area contributed by atoms with Gasteiger partial charge < -0.3 is 25.8 Å². The van der Waals surface area contributed by atoms with E-state index in [9.17, 15) is 14.7 Å². The lowest BCUT2D eigenvalue weighted by Gasteiger charge is -2.26. The average molecular weight is 377 g/mol. The van der Waals surface area contributed by atoms with Crippen LogP contribution in [0, 0.1) is 0 Å². The third kappa shape index (κ3) is 7.56. The van der Waals surface area contributed by atoms with E-state index < -0.39 is 23.8 Å². The Bertz CT molecular complexity index is 615. The maximum atomic E-state index is 12.9. The summed E-state index contributed by atoms with van der Waals surface area (Å²) in [6, 6.07) is 8.35. The molecule has 4 N–H and O–H groups in total. The molecule has 0 radical (unpaired) electrons. The zero-order valence-electron chi connectivity index (χ0n) is 16.3. The Morgan fingerprint density at radius 2 is 2.00 bits per heavy atom. The van der Waals surface area contributed by atoms with E-state index in [1.165, 1.54) is 0 Å². The summed E-state index contributed by atoms with van der Waals surface area (Å²) >= 11 is 0.